The first-order valence-electron chi connectivity index (χ1n) is 6.85. The zero-order valence-corrected chi connectivity index (χ0v) is 11.7. The van der Waals surface area contributed by atoms with E-state index in [2.05, 4.69) is 37.3 Å². The molecule has 0 aliphatic carbocycles. The van der Waals surface area contributed by atoms with Crippen LogP contribution < -0.4 is 0 Å². The number of ether oxygens (including phenoxy) is 1. The molecular weight excluding hydrogens is 236 g/mol. The van der Waals surface area contributed by atoms with Crippen molar-refractivity contribution in [2.75, 3.05) is 13.7 Å². The van der Waals surface area contributed by atoms with E-state index in [9.17, 15) is 5.11 Å². The Hall–Kier alpha value is -1.38. The largest absolute Gasteiger partial charge is 0.393 e. The molecule has 2 unspecified atom stereocenters. The molecule has 0 saturated carbocycles. The van der Waals surface area contributed by atoms with E-state index in [-0.39, 0.29) is 12.0 Å². The van der Waals surface area contributed by atoms with Crippen LogP contribution in [0.25, 0.3) is 10.8 Å². The number of hydrogen-bond acceptors (Lipinski definition) is 2. The van der Waals surface area contributed by atoms with Gasteiger partial charge in [0, 0.05) is 13.7 Å². The molecule has 2 nitrogen and oxygen atoms in total. The van der Waals surface area contributed by atoms with Crippen molar-refractivity contribution in [2.24, 2.45) is 5.92 Å². The number of rotatable bonds is 6. The maximum atomic E-state index is 10.2. The smallest absolute Gasteiger partial charge is 0.0606 e. The van der Waals surface area contributed by atoms with Crippen molar-refractivity contribution < 1.29 is 9.84 Å². The first kappa shape index (κ1) is 14.0. The van der Waals surface area contributed by atoms with Gasteiger partial charge in [-0.15, -0.1) is 0 Å². The van der Waals surface area contributed by atoms with Crippen LogP contribution in [0.5, 0.6) is 0 Å². The Balaban J connectivity index is 2.04. The minimum Gasteiger partial charge on any atom is -0.393 e. The van der Waals surface area contributed by atoms with E-state index < -0.39 is 0 Å². The van der Waals surface area contributed by atoms with Crippen LogP contribution >= 0.6 is 0 Å². The zero-order chi connectivity index (χ0) is 13.7. The Kier molecular flexibility index (Phi) is 4.94. The number of aliphatic hydroxyl groups excluding tert-OH is 1. The van der Waals surface area contributed by atoms with E-state index in [0.717, 1.165) is 6.42 Å². The third-order valence-corrected chi connectivity index (χ3v) is 3.69. The summed E-state index contributed by atoms with van der Waals surface area (Å²) in [5.74, 6) is 0.256. The van der Waals surface area contributed by atoms with Crippen LogP contribution in [0.1, 0.15) is 18.9 Å². The first-order chi connectivity index (χ1) is 9.20. The SMILES string of the molecule is COCCC(C)C(O)Cc1ccc2ccccc2c1. The number of benzene rings is 2. The van der Waals surface area contributed by atoms with Crippen LogP contribution in [0.3, 0.4) is 0 Å². The van der Waals surface area contributed by atoms with Gasteiger partial charge in [-0.1, -0.05) is 49.4 Å². The van der Waals surface area contributed by atoms with Gasteiger partial charge >= 0.3 is 0 Å². The fourth-order valence-corrected chi connectivity index (χ4v) is 2.30. The second-order valence-electron chi connectivity index (χ2n) is 5.21. The van der Waals surface area contributed by atoms with Crippen molar-refractivity contribution >= 4 is 10.8 Å². The summed E-state index contributed by atoms with van der Waals surface area (Å²) in [6.45, 7) is 2.78. The Bertz CT molecular complexity index is 521. The Morgan fingerprint density at radius 2 is 1.84 bits per heavy atom. The molecule has 0 saturated heterocycles. The standard InChI is InChI=1S/C17H22O2/c1-13(9-10-19-2)17(18)12-14-7-8-15-5-3-4-6-16(15)11-14/h3-8,11,13,17-18H,9-10,12H2,1-2H3. The number of methoxy groups -OCH3 is 1. The van der Waals surface area contributed by atoms with Crippen molar-refractivity contribution in [1.82, 2.24) is 0 Å². The molecular formula is C17H22O2. The minimum atomic E-state index is -0.309. The molecule has 19 heavy (non-hydrogen) atoms. The van der Waals surface area contributed by atoms with Crippen LogP contribution in [0.4, 0.5) is 0 Å². The molecule has 0 bridgehead atoms. The molecule has 0 aliphatic heterocycles. The average molecular weight is 258 g/mol. The quantitative estimate of drug-likeness (QED) is 0.860. The fourth-order valence-electron chi connectivity index (χ4n) is 2.30. The van der Waals surface area contributed by atoms with E-state index in [0.29, 0.717) is 13.0 Å². The molecule has 2 heteroatoms. The lowest BCUT2D eigenvalue weighted by Gasteiger charge is -2.18. The lowest BCUT2D eigenvalue weighted by atomic mass is 9.94. The van der Waals surface area contributed by atoms with Crippen molar-refractivity contribution in [1.29, 1.82) is 0 Å². The normalized spacial score (nSPS) is 14.5. The van der Waals surface area contributed by atoms with Gasteiger partial charge in [0.2, 0.25) is 0 Å². The predicted octanol–water partition coefficient (Wildman–Crippen LogP) is 3.42. The van der Waals surface area contributed by atoms with Crippen LogP contribution in [0.2, 0.25) is 0 Å². The van der Waals surface area contributed by atoms with Crippen LogP contribution in [0, 0.1) is 5.92 Å². The lowest BCUT2D eigenvalue weighted by Crippen LogP contribution is -2.21. The molecule has 0 aromatic heterocycles. The average Bonchev–Trinajstić information content (AvgIpc) is 2.44. The molecule has 2 aromatic rings. The highest BCUT2D eigenvalue weighted by molar-refractivity contribution is 5.82. The van der Waals surface area contributed by atoms with Gasteiger partial charge in [0.15, 0.2) is 0 Å². The molecule has 0 heterocycles. The lowest BCUT2D eigenvalue weighted by molar-refractivity contribution is 0.0887. The summed E-state index contributed by atoms with van der Waals surface area (Å²) in [5, 5.41) is 12.7. The van der Waals surface area contributed by atoms with Crippen molar-refractivity contribution in [3.8, 4) is 0 Å². The summed E-state index contributed by atoms with van der Waals surface area (Å²) < 4.78 is 5.06. The topological polar surface area (TPSA) is 29.5 Å². The Morgan fingerprint density at radius 3 is 2.58 bits per heavy atom. The molecule has 0 spiro atoms. The third-order valence-electron chi connectivity index (χ3n) is 3.69. The molecule has 0 radical (unpaired) electrons. The van der Waals surface area contributed by atoms with Crippen molar-refractivity contribution in [3.63, 3.8) is 0 Å². The number of fused-ring (bicyclic) bond motifs is 1. The van der Waals surface area contributed by atoms with Gasteiger partial charge < -0.3 is 9.84 Å². The second kappa shape index (κ2) is 6.69. The monoisotopic (exact) mass is 258 g/mol. The summed E-state index contributed by atoms with van der Waals surface area (Å²) in [6.07, 6.45) is 1.29. The Morgan fingerprint density at radius 1 is 1.11 bits per heavy atom. The minimum absolute atomic E-state index is 0.256. The molecule has 1 N–H and O–H groups in total. The van der Waals surface area contributed by atoms with Gasteiger partial charge in [0.1, 0.15) is 0 Å². The molecule has 2 aromatic carbocycles. The van der Waals surface area contributed by atoms with Gasteiger partial charge in [-0.2, -0.15) is 0 Å². The van der Waals surface area contributed by atoms with E-state index in [1.165, 1.54) is 16.3 Å². The van der Waals surface area contributed by atoms with E-state index in [1.54, 1.807) is 7.11 Å². The maximum absolute atomic E-state index is 10.2. The van der Waals surface area contributed by atoms with Gasteiger partial charge in [0.25, 0.3) is 0 Å². The molecule has 102 valence electrons. The van der Waals surface area contributed by atoms with Crippen LogP contribution in [-0.2, 0) is 11.2 Å². The van der Waals surface area contributed by atoms with Crippen molar-refractivity contribution in [3.05, 3.63) is 48.0 Å². The first-order valence-corrected chi connectivity index (χ1v) is 6.85. The molecule has 2 rings (SSSR count). The summed E-state index contributed by atoms with van der Waals surface area (Å²) in [5.41, 5.74) is 1.19. The highest BCUT2D eigenvalue weighted by atomic mass is 16.5. The highest BCUT2D eigenvalue weighted by Crippen LogP contribution is 2.19. The van der Waals surface area contributed by atoms with Gasteiger partial charge in [-0.3, -0.25) is 0 Å². The highest BCUT2D eigenvalue weighted by Gasteiger charge is 2.14. The zero-order valence-electron chi connectivity index (χ0n) is 11.7. The fraction of sp³-hybridized carbons (Fsp3) is 0.412. The summed E-state index contributed by atoms with van der Waals surface area (Å²) in [7, 11) is 1.70. The molecule has 0 amide bonds. The summed E-state index contributed by atoms with van der Waals surface area (Å²) in [6, 6.07) is 14.7. The number of hydrogen-bond donors (Lipinski definition) is 1. The third kappa shape index (κ3) is 3.79. The van der Waals surface area contributed by atoms with E-state index in [4.69, 9.17) is 4.74 Å². The maximum Gasteiger partial charge on any atom is 0.0606 e. The predicted molar refractivity (Wildman–Crippen MR) is 79.3 cm³/mol. The van der Waals surface area contributed by atoms with Crippen molar-refractivity contribution in [2.45, 2.75) is 25.9 Å². The number of aliphatic hydroxyl groups is 1. The van der Waals surface area contributed by atoms with Gasteiger partial charge in [-0.05, 0) is 35.1 Å². The van der Waals surface area contributed by atoms with Crippen LogP contribution in [-0.4, -0.2) is 24.9 Å². The molecule has 0 fully saturated rings. The second-order valence-corrected chi connectivity index (χ2v) is 5.21. The van der Waals surface area contributed by atoms with Gasteiger partial charge in [-0.25, -0.2) is 0 Å². The van der Waals surface area contributed by atoms with E-state index in [1.807, 2.05) is 12.1 Å². The molecule has 2 atom stereocenters. The Labute approximate surface area is 115 Å². The van der Waals surface area contributed by atoms with Gasteiger partial charge in [0.05, 0.1) is 6.10 Å². The van der Waals surface area contributed by atoms with Crippen LogP contribution in [0.15, 0.2) is 42.5 Å². The summed E-state index contributed by atoms with van der Waals surface area (Å²) >= 11 is 0. The van der Waals surface area contributed by atoms with E-state index >= 15 is 0 Å². The summed E-state index contributed by atoms with van der Waals surface area (Å²) in [4.78, 5) is 0. The molecule has 0 aliphatic rings.